The monoisotopic (exact) mass is 292 g/mol. The van der Waals surface area contributed by atoms with Crippen LogP contribution in [0.4, 0.5) is 0 Å². The fourth-order valence-electron chi connectivity index (χ4n) is 1.81. The summed E-state index contributed by atoms with van der Waals surface area (Å²) in [6, 6.07) is 6.03. The predicted octanol–water partition coefficient (Wildman–Crippen LogP) is 2.79. The lowest BCUT2D eigenvalue weighted by atomic mass is 10.1. The highest BCUT2D eigenvalue weighted by Crippen LogP contribution is 2.20. The maximum atomic E-state index is 11.6. The van der Waals surface area contributed by atoms with Crippen LogP contribution >= 0.6 is 0 Å². The summed E-state index contributed by atoms with van der Waals surface area (Å²) in [5, 5.41) is 6.26. The van der Waals surface area contributed by atoms with Gasteiger partial charge in [-0.3, -0.25) is 4.79 Å². The minimum atomic E-state index is -0.0767. The van der Waals surface area contributed by atoms with E-state index in [1.807, 2.05) is 19.1 Å². The summed E-state index contributed by atoms with van der Waals surface area (Å²) in [6.07, 6.45) is 0.928. The van der Waals surface area contributed by atoms with Gasteiger partial charge in [0, 0.05) is 24.2 Å². The molecule has 118 valence electrons. The molecule has 0 saturated heterocycles. The second-order valence-electron chi connectivity index (χ2n) is 6.35. The number of aryl methyl sites for hydroxylation is 1. The van der Waals surface area contributed by atoms with Crippen LogP contribution in [0.15, 0.2) is 18.2 Å². The molecule has 1 aromatic carbocycles. The Labute approximate surface area is 128 Å². The van der Waals surface area contributed by atoms with Crippen LogP contribution in [0, 0.1) is 6.92 Å². The van der Waals surface area contributed by atoms with Crippen molar-refractivity contribution in [3.63, 3.8) is 0 Å². The van der Waals surface area contributed by atoms with Crippen LogP contribution in [-0.4, -0.2) is 24.6 Å². The molecule has 0 aliphatic carbocycles. The number of benzene rings is 1. The molecule has 0 unspecified atom stereocenters. The van der Waals surface area contributed by atoms with E-state index < -0.39 is 0 Å². The Morgan fingerprint density at radius 2 is 2.00 bits per heavy atom. The minimum Gasteiger partial charge on any atom is -0.483 e. The van der Waals surface area contributed by atoms with Crippen molar-refractivity contribution in [1.29, 1.82) is 0 Å². The molecule has 2 N–H and O–H groups in total. The molecule has 0 bridgehead atoms. The average molecular weight is 292 g/mol. The first kappa shape index (κ1) is 17.5. The number of nitrogens with one attached hydrogen (secondary N) is 2. The fraction of sp³-hybridized carbons (Fsp3) is 0.588. The van der Waals surface area contributed by atoms with Gasteiger partial charge in [-0.05, 0) is 40.2 Å². The van der Waals surface area contributed by atoms with E-state index in [-0.39, 0.29) is 18.1 Å². The highest BCUT2D eigenvalue weighted by Gasteiger charge is 2.12. The number of carbonyl (C=O) groups excluding carboxylic acids is 1. The van der Waals surface area contributed by atoms with Gasteiger partial charge in [-0.15, -0.1) is 0 Å². The topological polar surface area (TPSA) is 50.4 Å². The van der Waals surface area contributed by atoms with E-state index in [2.05, 4.69) is 44.4 Å². The molecule has 0 aliphatic heterocycles. The van der Waals surface area contributed by atoms with Gasteiger partial charge in [-0.25, -0.2) is 0 Å². The van der Waals surface area contributed by atoms with Crippen molar-refractivity contribution in [2.45, 2.75) is 53.1 Å². The third kappa shape index (κ3) is 7.14. The van der Waals surface area contributed by atoms with Gasteiger partial charge < -0.3 is 15.4 Å². The van der Waals surface area contributed by atoms with Crippen molar-refractivity contribution in [1.82, 2.24) is 10.6 Å². The van der Waals surface area contributed by atoms with Gasteiger partial charge in [0.1, 0.15) is 5.75 Å². The average Bonchev–Trinajstić information content (AvgIpc) is 2.41. The van der Waals surface area contributed by atoms with Crippen LogP contribution < -0.4 is 15.4 Å². The molecule has 0 aliphatic rings. The summed E-state index contributed by atoms with van der Waals surface area (Å²) in [4.78, 5) is 11.6. The molecule has 0 saturated carbocycles. The van der Waals surface area contributed by atoms with Crippen molar-refractivity contribution in [3.05, 3.63) is 29.3 Å². The van der Waals surface area contributed by atoms with Crippen LogP contribution in [0.5, 0.6) is 5.75 Å². The first-order valence-electron chi connectivity index (χ1n) is 7.56. The molecule has 0 radical (unpaired) electrons. The number of carbonyl (C=O) groups is 1. The number of ether oxygens (including phenoxy) is 1. The van der Waals surface area contributed by atoms with Crippen molar-refractivity contribution in [3.8, 4) is 5.75 Å². The Bertz CT molecular complexity index is 464. The van der Waals surface area contributed by atoms with E-state index in [1.165, 1.54) is 5.56 Å². The molecule has 1 rings (SSSR count). The molecule has 1 aromatic rings. The second kappa shape index (κ2) is 8.03. The number of hydrogen-bond donors (Lipinski definition) is 2. The standard InChI is InChI=1S/C17H28N2O2/c1-6-9-18-16(20)12-21-15-8-7-13(2)10-14(15)11-19-17(3,4)5/h7-8,10,19H,6,9,11-12H2,1-5H3,(H,18,20). The summed E-state index contributed by atoms with van der Waals surface area (Å²) < 4.78 is 5.66. The Balaban J connectivity index is 2.66. The third-order valence-corrected chi connectivity index (χ3v) is 2.96. The van der Waals surface area contributed by atoms with E-state index in [0.717, 1.165) is 24.3 Å². The van der Waals surface area contributed by atoms with E-state index in [0.29, 0.717) is 6.54 Å². The first-order chi connectivity index (χ1) is 9.81. The van der Waals surface area contributed by atoms with Gasteiger partial charge in [0.2, 0.25) is 0 Å². The zero-order chi connectivity index (χ0) is 15.9. The second-order valence-corrected chi connectivity index (χ2v) is 6.35. The van der Waals surface area contributed by atoms with Gasteiger partial charge in [-0.2, -0.15) is 0 Å². The van der Waals surface area contributed by atoms with Crippen molar-refractivity contribution >= 4 is 5.91 Å². The lowest BCUT2D eigenvalue weighted by molar-refractivity contribution is -0.123. The summed E-state index contributed by atoms with van der Waals surface area (Å²) in [5.41, 5.74) is 2.30. The van der Waals surface area contributed by atoms with Crippen LogP contribution in [0.25, 0.3) is 0 Å². The normalized spacial score (nSPS) is 11.3. The molecule has 4 nitrogen and oxygen atoms in total. The largest absolute Gasteiger partial charge is 0.483 e. The Kier molecular flexibility index (Phi) is 6.69. The summed E-state index contributed by atoms with van der Waals surface area (Å²) in [5.74, 6) is 0.691. The molecule has 0 spiro atoms. The summed E-state index contributed by atoms with van der Waals surface area (Å²) in [7, 11) is 0. The first-order valence-corrected chi connectivity index (χ1v) is 7.56. The quantitative estimate of drug-likeness (QED) is 0.812. The van der Waals surface area contributed by atoms with Gasteiger partial charge in [0.25, 0.3) is 5.91 Å². The minimum absolute atomic E-state index is 0.0412. The zero-order valence-electron chi connectivity index (χ0n) is 13.9. The lowest BCUT2D eigenvalue weighted by Crippen LogP contribution is -2.35. The van der Waals surface area contributed by atoms with E-state index >= 15 is 0 Å². The molecular formula is C17H28N2O2. The Hall–Kier alpha value is -1.55. The highest BCUT2D eigenvalue weighted by atomic mass is 16.5. The molecule has 0 aromatic heterocycles. The van der Waals surface area contributed by atoms with Crippen molar-refractivity contribution in [2.24, 2.45) is 0 Å². The van der Waals surface area contributed by atoms with Gasteiger partial charge in [0.05, 0.1) is 0 Å². The van der Waals surface area contributed by atoms with E-state index in [9.17, 15) is 4.79 Å². The summed E-state index contributed by atoms with van der Waals surface area (Å²) >= 11 is 0. The Morgan fingerprint density at radius 1 is 1.29 bits per heavy atom. The molecular weight excluding hydrogens is 264 g/mol. The maximum absolute atomic E-state index is 11.6. The zero-order valence-corrected chi connectivity index (χ0v) is 13.9. The fourth-order valence-corrected chi connectivity index (χ4v) is 1.81. The number of hydrogen-bond acceptors (Lipinski definition) is 3. The van der Waals surface area contributed by atoms with E-state index in [4.69, 9.17) is 4.74 Å². The number of rotatable bonds is 7. The van der Waals surface area contributed by atoms with Crippen LogP contribution in [0.1, 0.15) is 45.2 Å². The Morgan fingerprint density at radius 3 is 2.62 bits per heavy atom. The van der Waals surface area contributed by atoms with Crippen LogP contribution in [0.3, 0.4) is 0 Å². The lowest BCUT2D eigenvalue weighted by Gasteiger charge is -2.22. The van der Waals surface area contributed by atoms with Crippen LogP contribution in [-0.2, 0) is 11.3 Å². The highest BCUT2D eigenvalue weighted by molar-refractivity contribution is 5.77. The SMILES string of the molecule is CCCNC(=O)COc1ccc(C)cc1CNC(C)(C)C. The molecule has 0 fully saturated rings. The van der Waals surface area contributed by atoms with Gasteiger partial charge in [-0.1, -0.05) is 24.6 Å². The molecule has 0 heterocycles. The van der Waals surface area contributed by atoms with Gasteiger partial charge >= 0.3 is 0 Å². The predicted molar refractivity (Wildman–Crippen MR) is 86.6 cm³/mol. The van der Waals surface area contributed by atoms with Crippen LogP contribution in [0.2, 0.25) is 0 Å². The molecule has 21 heavy (non-hydrogen) atoms. The smallest absolute Gasteiger partial charge is 0.257 e. The van der Waals surface area contributed by atoms with E-state index in [1.54, 1.807) is 0 Å². The maximum Gasteiger partial charge on any atom is 0.257 e. The van der Waals surface area contributed by atoms with Crippen molar-refractivity contribution < 1.29 is 9.53 Å². The van der Waals surface area contributed by atoms with Crippen molar-refractivity contribution in [2.75, 3.05) is 13.2 Å². The molecule has 0 atom stereocenters. The third-order valence-electron chi connectivity index (χ3n) is 2.96. The number of amides is 1. The van der Waals surface area contributed by atoms with Gasteiger partial charge in [0.15, 0.2) is 6.61 Å². The molecule has 4 heteroatoms. The summed E-state index contributed by atoms with van der Waals surface area (Å²) in [6.45, 7) is 11.9. The molecule has 1 amide bonds.